The molecule has 0 amide bonds. The van der Waals surface area contributed by atoms with Crippen LogP contribution in [0.3, 0.4) is 0 Å². The number of nitrogens with zero attached hydrogens (tertiary/aromatic N) is 3. The number of nitrogens with one attached hydrogen (secondary N) is 1. The summed E-state index contributed by atoms with van der Waals surface area (Å²) in [7, 11) is 0. The van der Waals surface area contributed by atoms with Gasteiger partial charge in [0.25, 0.3) is 0 Å². The van der Waals surface area contributed by atoms with Gasteiger partial charge in [-0.25, -0.2) is 5.43 Å². The second-order valence-corrected chi connectivity index (χ2v) is 5.24. The van der Waals surface area contributed by atoms with Gasteiger partial charge in [-0.1, -0.05) is 12.1 Å². The lowest BCUT2D eigenvalue weighted by Gasteiger charge is -2.28. The average molecular weight is 306 g/mol. The van der Waals surface area contributed by atoms with Gasteiger partial charge >= 0.3 is 6.18 Å². The molecule has 1 fully saturated rings. The Bertz CT molecular complexity index is 699. The van der Waals surface area contributed by atoms with Crippen LogP contribution in [0.25, 0.3) is 5.70 Å². The Balaban J connectivity index is 2.01. The van der Waals surface area contributed by atoms with Crippen LogP contribution in [-0.4, -0.2) is 23.4 Å². The summed E-state index contributed by atoms with van der Waals surface area (Å²) < 4.78 is 38.6. The minimum atomic E-state index is -4.39. The molecule has 2 aliphatic heterocycles. The summed E-state index contributed by atoms with van der Waals surface area (Å²) in [5.41, 5.74) is 3.36. The molecular formula is C15H13F3N4. The zero-order chi connectivity index (χ0) is 15.9. The summed E-state index contributed by atoms with van der Waals surface area (Å²) in [5.74, 6) is 0.168. The van der Waals surface area contributed by atoms with Crippen molar-refractivity contribution in [1.82, 2.24) is 10.4 Å². The Labute approximate surface area is 125 Å². The smallest absolute Gasteiger partial charge is 0.262 e. The van der Waals surface area contributed by atoms with Crippen molar-refractivity contribution < 1.29 is 13.2 Å². The van der Waals surface area contributed by atoms with Crippen molar-refractivity contribution >= 4 is 11.5 Å². The fourth-order valence-electron chi connectivity index (χ4n) is 2.60. The number of hydrazine groups is 1. The quantitative estimate of drug-likeness (QED) is 0.868. The second-order valence-electron chi connectivity index (χ2n) is 5.24. The number of hydrogen-bond donors (Lipinski definition) is 1. The van der Waals surface area contributed by atoms with Crippen molar-refractivity contribution in [3.8, 4) is 6.07 Å². The molecule has 3 rings (SSSR count). The van der Waals surface area contributed by atoms with Crippen LogP contribution in [-0.2, 0) is 6.18 Å². The number of amidine groups is 1. The fourth-order valence-corrected chi connectivity index (χ4v) is 2.60. The summed E-state index contributed by atoms with van der Waals surface area (Å²) in [5, 5.41) is 10.7. The minimum absolute atomic E-state index is 0.188. The molecule has 0 saturated carbocycles. The Morgan fingerprint density at radius 1 is 1.41 bits per heavy atom. The molecule has 4 nitrogen and oxygen atoms in total. The van der Waals surface area contributed by atoms with Crippen molar-refractivity contribution in [3.05, 3.63) is 41.5 Å². The number of rotatable bonds is 1. The Hall–Kier alpha value is -2.33. The second kappa shape index (κ2) is 5.14. The number of aliphatic imine (C=N–C) groups is 1. The maximum Gasteiger partial charge on any atom is 0.416 e. The van der Waals surface area contributed by atoms with Crippen LogP contribution in [0, 0.1) is 17.2 Å². The first-order valence-electron chi connectivity index (χ1n) is 6.80. The average Bonchev–Trinajstić information content (AvgIpc) is 2.88. The molecule has 0 radical (unpaired) electrons. The number of nitriles is 1. The molecule has 2 aliphatic rings. The molecule has 1 aromatic carbocycles. The van der Waals surface area contributed by atoms with Crippen molar-refractivity contribution in [2.45, 2.75) is 19.1 Å². The lowest BCUT2D eigenvalue weighted by Crippen LogP contribution is -2.36. The van der Waals surface area contributed by atoms with E-state index in [0.717, 1.165) is 12.1 Å². The molecule has 0 aromatic heterocycles. The van der Waals surface area contributed by atoms with Gasteiger partial charge in [0.05, 0.1) is 23.4 Å². The number of halogens is 3. The third-order valence-electron chi connectivity index (χ3n) is 3.61. The maximum absolute atomic E-state index is 12.9. The zero-order valence-electron chi connectivity index (χ0n) is 11.7. The van der Waals surface area contributed by atoms with Gasteiger partial charge < -0.3 is 0 Å². The molecular weight excluding hydrogens is 293 g/mol. The molecule has 0 spiro atoms. The highest BCUT2D eigenvalue weighted by atomic mass is 19.4. The van der Waals surface area contributed by atoms with E-state index in [4.69, 9.17) is 5.26 Å². The zero-order valence-corrected chi connectivity index (χ0v) is 11.7. The van der Waals surface area contributed by atoms with Crippen molar-refractivity contribution in [3.63, 3.8) is 0 Å². The summed E-state index contributed by atoms with van der Waals surface area (Å²) in [6.07, 6.45) is -2.60. The molecule has 1 saturated heterocycles. The first-order valence-corrected chi connectivity index (χ1v) is 6.80. The highest BCUT2D eigenvalue weighted by molar-refractivity contribution is 5.97. The van der Waals surface area contributed by atoms with Crippen molar-refractivity contribution in [2.75, 3.05) is 6.54 Å². The molecule has 0 bridgehead atoms. The Morgan fingerprint density at radius 2 is 2.18 bits per heavy atom. The standard InChI is InChI=1S/C15H13F3N4/c1-9-5-13(22-14(21-9)11(7-19)8-20-22)10-3-2-4-12(6-10)15(16,17)18/h2-6,9,11,20H,8H2,1H3. The van der Waals surface area contributed by atoms with E-state index in [9.17, 15) is 13.2 Å². The van der Waals surface area contributed by atoms with Crippen LogP contribution >= 0.6 is 0 Å². The van der Waals surface area contributed by atoms with Crippen LogP contribution in [0.5, 0.6) is 0 Å². The van der Waals surface area contributed by atoms with Gasteiger partial charge in [0.1, 0.15) is 11.8 Å². The topological polar surface area (TPSA) is 51.4 Å². The third-order valence-corrected chi connectivity index (χ3v) is 3.61. The van der Waals surface area contributed by atoms with Crippen molar-refractivity contribution in [1.29, 1.82) is 5.26 Å². The first-order chi connectivity index (χ1) is 10.4. The van der Waals surface area contributed by atoms with Crippen LogP contribution in [0.2, 0.25) is 0 Å². The summed E-state index contributed by atoms with van der Waals surface area (Å²) in [4.78, 5) is 4.40. The van der Waals surface area contributed by atoms with E-state index < -0.39 is 17.7 Å². The summed E-state index contributed by atoms with van der Waals surface area (Å²) >= 11 is 0. The molecule has 2 atom stereocenters. The maximum atomic E-state index is 12.9. The van der Waals surface area contributed by atoms with Gasteiger partial charge in [0.2, 0.25) is 0 Å². The van der Waals surface area contributed by atoms with E-state index >= 15 is 0 Å². The monoisotopic (exact) mass is 306 g/mol. The highest BCUT2D eigenvalue weighted by Gasteiger charge is 2.36. The van der Waals surface area contributed by atoms with Gasteiger partial charge in [-0.3, -0.25) is 10.0 Å². The fraction of sp³-hybridized carbons (Fsp3) is 0.333. The van der Waals surface area contributed by atoms with Gasteiger partial charge in [0, 0.05) is 12.1 Å². The van der Waals surface area contributed by atoms with E-state index in [1.807, 2.05) is 6.92 Å². The van der Waals surface area contributed by atoms with Crippen molar-refractivity contribution in [2.24, 2.45) is 10.9 Å². The third kappa shape index (κ3) is 2.46. The first kappa shape index (κ1) is 14.6. The Morgan fingerprint density at radius 3 is 2.86 bits per heavy atom. The van der Waals surface area contributed by atoms with E-state index in [0.29, 0.717) is 23.6 Å². The molecule has 22 heavy (non-hydrogen) atoms. The van der Waals surface area contributed by atoms with Crippen LogP contribution in [0.1, 0.15) is 18.1 Å². The SMILES string of the molecule is CC1C=C(c2cccc(C(F)(F)F)c2)N2NCC(C#N)C2=N1. The molecule has 2 unspecified atom stereocenters. The van der Waals surface area contributed by atoms with Gasteiger partial charge in [0.15, 0.2) is 0 Å². The normalized spacial score (nSPS) is 24.4. The summed E-state index contributed by atoms with van der Waals surface area (Å²) in [6, 6.07) is 7.12. The van der Waals surface area contributed by atoms with Crippen LogP contribution in [0.15, 0.2) is 35.3 Å². The molecule has 1 aromatic rings. The van der Waals surface area contributed by atoms with Gasteiger partial charge in [-0.2, -0.15) is 18.4 Å². The minimum Gasteiger partial charge on any atom is -0.262 e. The van der Waals surface area contributed by atoms with E-state index in [1.165, 1.54) is 6.07 Å². The predicted molar refractivity (Wildman–Crippen MR) is 75.3 cm³/mol. The van der Waals surface area contributed by atoms with Crippen LogP contribution in [0.4, 0.5) is 13.2 Å². The highest BCUT2D eigenvalue weighted by Crippen LogP contribution is 2.33. The molecule has 1 N–H and O–H groups in total. The van der Waals surface area contributed by atoms with E-state index in [2.05, 4.69) is 16.5 Å². The van der Waals surface area contributed by atoms with Gasteiger partial charge in [-0.05, 0) is 25.1 Å². The van der Waals surface area contributed by atoms with E-state index in [1.54, 1.807) is 17.2 Å². The largest absolute Gasteiger partial charge is 0.416 e. The molecule has 2 heterocycles. The number of hydrogen-bond acceptors (Lipinski definition) is 4. The number of fused-ring (bicyclic) bond motifs is 1. The molecule has 114 valence electrons. The van der Waals surface area contributed by atoms with Crippen LogP contribution < -0.4 is 5.43 Å². The molecule has 0 aliphatic carbocycles. The number of benzene rings is 1. The lowest BCUT2D eigenvalue weighted by atomic mass is 10.0. The molecule has 7 heteroatoms. The number of alkyl halides is 3. The Kier molecular flexibility index (Phi) is 3.41. The van der Waals surface area contributed by atoms with E-state index in [-0.39, 0.29) is 6.04 Å². The summed E-state index contributed by atoms with van der Waals surface area (Å²) in [6.45, 7) is 2.24. The lowest BCUT2D eigenvalue weighted by molar-refractivity contribution is -0.137. The van der Waals surface area contributed by atoms with Gasteiger partial charge in [-0.15, -0.1) is 0 Å². The predicted octanol–water partition coefficient (Wildman–Crippen LogP) is 2.81.